The summed E-state index contributed by atoms with van der Waals surface area (Å²) in [6, 6.07) is 7.91. The molecule has 0 aliphatic rings. The fourth-order valence-corrected chi connectivity index (χ4v) is 2.87. The standard InChI is InChI=1S/C19H18N2O5/c1-4-13-16(19(24)25-3)10(2)17(21-13)18(23)20-12-6-7-14-11(9-12)5-8-15(22)26-14/h5-9,21H,4H2,1-3H3,(H,20,23). The number of aromatic amines is 1. The molecule has 1 aromatic carbocycles. The van der Waals surface area contributed by atoms with Crippen LogP contribution in [0.25, 0.3) is 11.0 Å². The summed E-state index contributed by atoms with van der Waals surface area (Å²) in [5, 5.41) is 3.48. The Hall–Kier alpha value is -3.35. The van der Waals surface area contributed by atoms with Gasteiger partial charge in [-0.25, -0.2) is 9.59 Å². The molecule has 26 heavy (non-hydrogen) atoms. The van der Waals surface area contributed by atoms with E-state index in [1.807, 2.05) is 6.92 Å². The van der Waals surface area contributed by atoms with Crippen LogP contribution < -0.4 is 10.9 Å². The lowest BCUT2D eigenvalue weighted by Gasteiger charge is -2.06. The molecule has 0 saturated carbocycles. The van der Waals surface area contributed by atoms with Gasteiger partial charge in [0, 0.05) is 22.8 Å². The molecule has 2 aromatic heterocycles. The smallest absolute Gasteiger partial charge is 0.339 e. The van der Waals surface area contributed by atoms with Gasteiger partial charge in [-0.15, -0.1) is 0 Å². The van der Waals surface area contributed by atoms with Gasteiger partial charge in [0.15, 0.2) is 0 Å². The molecule has 7 heteroatoms. The van der Waals surface area contributed by atoms with E-state index in [2.05, 4.69) is 10.3 Å². The molecule has 0 radical (unpaired) electrons. The average Bonchev–Trinajstić information content (AvgIpc) is 2.97. The van der Waals surface area contributed by atoms with Crippen molar-refractivity contribution in [3.05, 3.63) is 63.3 Å². The predicted octanol–water partition coefficient (Wildman–Crippen LogP) is 3.03. The number of H-pyrrole nitrogens is 1. The van der Waals surface area contributed by atoms with E-state index in [1.54, 1.807) is 31.2 Å². The van der Waals surface area contributed by atoms with Crippen LogP contribution in [-0.2, 0) is 11.2 Å². The summed E-state index contributed by atoms with van der Waals surface area (Å²) < 4.78 is 9.87. The molecule has 0 saturated heterocycles. The summed E-state index contributed by atoms with van der Waals surface area (Å²) in [6.07, 6.45) is 0.563. The van der Waals surface area contributed by atoms with E-state index in [9.17, 15) is 14.4 Å². The minimum absolute atomic E-state index is 0.307. The van der Waals surface area contributed by atoms with Crippen LogP contribution in [0.1, 0.15) is 39.0 Å². The van der Waals surface area contributed by atoms with Gasteiger partial charge in [0.25, 0.3) is 5.91 Å². The van der Waals surface area contributed by atoms with Crippen LogP contribution in [0.5, 0.6) is 0 Å². The summed E-state index contributed by atoms with van der Waals surface area (Å²) in [5.74, 6) is -0.848. The van der Waals surface area contributed by atoms with Crippen molar-refractivity contribution in [2.75, 3.05) is 12.4 Å². The monoisotopic (exact) mass is 354 g/mol. The Morgan fingerprint density at radius 2 is 2.00 bits per heavy atom. The number of nitrogens with one attached hydrogen (secondary N) is 2. The highest BCUT2D eigenvalue weighted by Crippen LogP contribution is 2.22. The van der Waals surface area contributed by atoms with E-state index in [0.717, 1.165) is 0 Å². The van der Waals surface area contributed by atoms with E-state index in [-0.39, 0.29) is 5.91 Å². The second-order valence-corrected chi connectivity index (χ2v) is 5.78. The lowest BCUT2D eigenvalue weighted by Crippen LogP contribution is -2.14. The summed E-state index contributed by atoms with van der Waals surface area (Å²) in [7, 11) is 1.31. The predicted molar refractivity (Wildman–Crippen MR) is 96.7 cm³/mol. The zero-order chi connectivity index (χ0) is 18.8. The van der Waals surface area contributed by atoms with Gasteiger partial charge < -0.3 is 19.5 Å². The Balaban J connectivity index is 1.93. The number of fused-ring (bicyclic) bond motifs is 1. The number of methoxy groups -OCH3 is 1. The van der Waals surface area contributed by atoms with Gasteiger partial charge in [0.1, 0.15) is 11.3 Å². The number of carbonyl (C=O) groups is 2. The van der Waals surface area contributed by atoms with Gasteiger partial charge in [0.05, 0.1) is 12.7 Å². The maximum atomic E-state index is 12.6. The molecule has 0 fully saturated rings. The summed E-state index contributed by atoms with van der Waals surface area (Å²) in [4.78, 5) is 38.9. The Kier molecular flexibility index (Phi) is 4.62. The number of amides is 1. The second kappa shape index (κ2) is 6.87. The van der Waals surface area contributed by atoms with Crippen LogP contribution >= 0.6 is 0 Å². The summed E-state index contributed by atoms with van der Waals surface area (Å²) >= 11 is 0. The first kappa shape index (κ1) is 17.5. The molecular formula is C19H18N2O5. The maximum Gasteiger partial charge on any atom is 0.339 e. The normalized spacial score (nSPS) is 10.7. The third-order valence-corrected chi connectivity index (χ3v) is 4.17. The van der Waals surface area contributed by atoms with Gasteiger partial charge in [0.2, 0.25) is 0 Å². The highest BCUT2D eigenvalue weighted by atomic mass is 16.5. The number of aromatic nitrogens is 1. The maximum absolute atomic E-state index is 12.6. The molecule has 3 aromatic rings. The molecule has 0 atom stereocenters. The van der Waals surface area contributed by atoms with E-state index in [4.69, 9.17) is 9.15 Å². The number of esters is 1. The van der Waals surface area contributed by atoms with Crippen molar-refractivity contribution in [3.63, 3.8) is 0 Å². The van der Waals surface area contributed by atoms with Crippen molar-refractivity contribution >= 4 is 28.5 Å². The first-order valence-electron chi connectivity index (χ1n) is 8.09. The van der Waals surface area contributed by atoms with Crippen molar-refractivity contribution in [2.24, 2.45) is 0 Å². The first-order valence-corrected chi connectivity index (χ1v) is 8.09. The van der Waals surface area contributed by atoms with Crippen LogP contribution in [0.4, 0.5) is 5.69 Å². The number of benzene rings is 1. The van der Waals surface area contributed by atoms with E-state index in [1.165, 1.54) is 13.2 Å². The van der Waals surface area contributed by atoms with Gasteiger partial charge in [-0.1, -0.05) is 6.92 Å². The van der Waals surface area contributed by atoms with Crippen LogP contribution in [0, 0.1) is 6.92 Å². The third-order valence-electron chi connectivity index (χ3n) is 4.17. The van der Waals surface area contributed by atoms with Crippen LogP contribution in [0.3, 0.4) is 0 Å². The van der Waals surface area contributed by atoms with Crippen molar-refractivity contribution < 1.29 is 18.7 Å². The van der Waals surface area contributed by atoms with Crippen molar-refractivity contribution in [1.29, 1.82) is 0 Å². The Labute approximate surface area is 149 Å². The molecule has 134 valence electrons. The van der Waals surface area contributed by atoms with Crippen molar-refractivity contribution in [3.8, 4) is 0 Å². The molecular weight excluding hydrogens is 336 g/mol. The minimum Gasteiger partial charge on any atom is -0.465 e. The number of anilines is 1. The second-order valence-electron chi connectivity index (χ2n) is 5.78. The molecule has 2 heterocycles. The third kappa shape index (κ3) is 3.11. The molecule has 7 nitrogen and oxygen atoms in total. The Morgan fingerprint density at radius 1 is 1.23 bits per heavy atom. The topological polar surface area (TPSA) is 101 Å². The molecule has 0 aliphatic heterocycles. The van der Waals surface area contributed by atoms with Gasteiger partial charge in [-0.2, -0.15) is 0 Å². The van der Waals surface area contributed by atoms with Gasteiger partial charge in [-0.3, -0.25) is 4.79 Å². The Bertz CT molecular complexity index is 1060. The molecule has 0 aliphatic carbocycles. The number of aryl methyl sites for hydroxylation is 1. The van der Waals surface area contributed by atoms with Gasteiger partial charge in [-0.05, 0) is 43.2 Å². The van der Waals surface area contributed by atoms with E-state index < -0.39 is 11.6 Å². The van der Waals surface area contributed by atoms with Crippen molar-refractivity contribution in [1.82, 2.24) is 4.98 Å². The molecule has 1 amide bonds. The summed E-state index contributed by atoms with van der Waals surface area (Å²) in [5.41, 5.74) is 2.44. The fourth-order valence-electron chi connectivity index (χ4n) is 2.87. The molecule has 0 bridgehead atoms. The lowest BCUT2D eigenvalue weighted by molar-refractivity contribution is 0.0599. The van der Waals surface area contributed by atoms with Crippen LogP contribution in [0.15, 0.2) is 39.5 Å². The van der Waals surface area contributed by atoms with E-state index >= 15 is 0 Å². The minimum atomic E-state index is -0.476. The van der Waals surface area contributed by atoms with Crippen LogP contribution in [0.2, 0.25) is 0 Å². The van der Waals surface area contributed by atoms with Gasteiger partial charge >= 0.3 is 11.6 Å². The summed E-state index contributed by atoms with van der Waals surface area (Å²) in [6.45, 7) is 3.59. The number of carbonyl (C=O) groups excluding carboxylic acids is 2. The number of ether oxygens (including phenoxy) is 1. The highest BCUT2D eigenvalue weighted by molar-refractivity contribution is 6.07. The molecule has 0 unspecified atom stereocenters. The SMILES string of the molecule is CCc1[nH]c(C(=O)Nc2ccc3oc(=O)ccc3c2)c(C)c1C(=O)OC. The molecule has 3 rings (SSSR count). The quantitative estimate of drug-likeness (QED) is 0.554. The van der Waals surface area contributed by atoms with Crippen molar-refractivity contribution in [2.45, 2.75) is 20.3 Å². The number of rotatable bonds is 4. The zero-order valence-corrected chi connectivity index (χ0v) is 14.6. The first-order chi connectivity index (χ1) is 12.4. The Morgan fingerprint density at radius 3 is 2.69 bits per heavy atom. The largest absolute Gasteiger partial charge is 0.465 e. The molecule has 0 spiro atoms. The number of hydrogen-bond donors (Lipinski definition) is 2. The zero-order valence-electron chi connectivity index (χ0n) is 14.6. The number of hydrogen-bond acceptors (Lipinski definition) is 5. The van der Waals surface area contributed by atoms with E-state index in [0.29, 0.717) is 45.6 Å². The average molecular weight is 354 g/mol. The highest BCUT2D eigenvalue weighted by Gasteiger charge is 2.23. The molecule has 2 N–H and O–H groups in total. The lowest BCUT2D eigenvalue weighted by atomic mass is 10.1. The van der Waals surface area contributed by atoms with Crippen LogP contribution in [-0.4, -0.2) is 24.0 Å². The fraction of sp³-hybridized carbons (Fsp3) is 0.211.